The van der Waals surface area contributed by atoms with E-state index < -0.39 is 0 Å². The minimum Gasteiger partial charge on any atom is -0.153 e. The van der Waals surface area contributed by atoms with Crippen LogP contribution in [0.1, 0.15) is 0 Å². The smallest absolute Gasteiger partial charge is 0 e. The second kappa shape index (κ2) is 19.3. The zero-order chi connectivity index (χ0) is 0. The largest absolute Gasteiger partial charge is 0.153 e. The normalized spacial score (nSPS) is 0. The molecule has 1 atom stereocenters. The van der Waals surface area contributed by atoms with E-state index in [9.17, 15) is 0 Å². The second-order valence-electron chi connectivity index (χ2n) is 0. The van der Waals surface area contributed by atoms with E-state index in [0.29, 0.717) is 0 Å². The van der Waals surface area contributed by atoms with Crippen molar-refractivity contribution in [2.45, 2.75) is 0 Å². The van der Waals surface area contributed by atoms with Crippen LogP contribution in [-0.2, 0) is 18.6 Å². The van der Waals surface area contributed by atoms with Gasteiger partial charge in [0, 0.05) is 54.5 Å². The van der Waals surface area contributed by atoms with E-state index in [1.54, 1.807) is 0 Å². The molecule has 0 saturated heterocycles. The molecule has 0 heterocycles. The van der Waals surface area contributed by atoms with Crippen molar-refractivity contribution >= 4 is 45.8 Å². The minimum absolute atomic E-state index is 0. The van der Waals surface area contributed by atoms with Gasteiger partial charge in [-0.25, -0.2) is 0 Å². The van der Waals surface area contributed by atoms with E-state index in [4.69, 9.17) is 0 Å². The Kier molecular flexibility index (Phi) is 171. The van der Waals surface area contributed by atoms with Gasteiger partial charge < -0.3 is 0 Å². The van der Waals surface area contributed by atoms with Crippen molar-refractivity contribution in [3.63, 3.8) is 0 Å². The van der Waals surface area contributed by atoms with Gasteiger partial charge in [0.1, 0.15) is 0 Å². The molecule has 0 aliphatic heterocycles. The first-order chi connectivity index (χ1) is 0. The van der Waals surface area contributed by atoms with Crippen LogP contribution in [0.15, 0.2) is 0 Å². The molecule has 0 bridgehead atoms. The fourth-order valence-corrected chi connectivity index (χ4v) is 0. The van der Waals surface area contributed by atoms with Gasteiger partial charge in [0.25, 0.3) is 0 Å². The van der Waals surface area contributed by atoms with Gasteiger partial charge >= 0.3 is 0 Å². The molecule has 1 unspecified atom stereocenters. The zero-order valence-electron chi connectivity index (χ0n) is 2.56. The fraction of sp³-hybridized carbons (Fsp3) is 0. The summed E-state index contributed by atoms with van der Waals surface area (Å²) in [6.07, 6.45) is 0. The maximum atomic E-state index is 0. The summed E-state index contributed by atoms with van der Waals surface area (Å²) in [6, 6.07) is 0. The molecule has 0 amide bonds. The van der Waals surface area contributed by atoms with Crippen molar-refractivity contribution in [1.29, 1.82) is 0 Å². The van der Waals surface area contributed by atoms with Crippen LogP contribution >= 0.6 is 9.90 Å². The molecule has 0 aromatic carbocycles. The van der Waals surface area contributed by atoms with Crippen LogP contribution in [0.4, 0.5) is 0 Å². The Bertz CT molecular complexity index is 8.00. The average molecular weight is 171 g/mol. The molecule has 0 aromatic rings. The Balaban J connectivity index is 0. The molecule has 4 heteroatoms. The molecule has 0 aromatic heterocycles. The van der Waals surface area contributed by atoms with Crippen molar-refractivity contribution in [2.24, 2.45) is 0 Å². The van der Waals surface area contributed by atoms with Gasteiger partial charge in [-0.2, -0.15) is 9.90 Å². The van der Waals surface area contributed by atoms with E-state index >= 15 is 0 Å². The van der Waals surface area contributed by atoms with Gasteiger partial charge in [-0.05, 0) is 0 Å². The summed E-state index contributed by atoms with van der Waals surface area (Å²) < 4.78 is 0. The van der Waals surface area contributed by atoms with Crippen LogP contribution in [0.3, 0.4) is 0 Å². The summed E-state index contributed by atoms with van der Waals surface area (Å²) in [4.78, 5) is 0. The van der Waals surface area contributed by atoms with Crippen molar-refractivity contribution in [3.8, 4) is 0 Å². The summed E-state index contributed by atoms with van der Waals surface area (Å²) >= 11 is 0. The third-order valence-corrected chi connectivity index (χ3v) is 0. The Morgan fingerprint density at radius 3 is 1.00 bits per heavy atom. The maximum Gasteiger partial charge on any atom is 0 e. The molecule has 4 heavy (non-hydrogen) atoms. The van der Waals surface area contributed by atoms with Crippen molar-refractivity contribution < 1.29 is 18.6 Å². The van der Waals surface area contributed by atoms with Crippen molar-refractivity contribution in [2.75, 3.05) is 0 Å². The Morgan fingerprint density at radius 1 is 1.00 bits per heavy atom. The standard InChI is InChI=1S/Li.H3P.Se.V/h;1H3;;. The van der Waals surface area contributed by atoms with Crippen LogP contribution in [0.2, 0.25) is 0 Å². The summed E-state index contributed by atoms with van der Waals surface area (Å²) in [5.74, 6) is 0. The Hall–Kier alpha value is 2.13. The van der Waals surface area contributed by atoms with Crippen LogP contribution in [0, 0.1) is 0 Å². The zero-order valence-corrected chi connectivity index (χ0v) is 7.09. The van der Waals surface area contributed by atoms with E-state index in [0.717, 1.165) is 0 Å². The summed E-state index contributed by atoms with van der Waals surface area (Å²) in [5.41, 5.74) is 0. The molecule has 0 fully saturated rings. The number of rotatable bonds is 0. The molecular weight excluding hydrogens is 168 g/mol. The first-order valence-electron chi connectivity index (χ1n) is 0. The Labute approximate surface area is 64.0 Å². The van der Waals surface area contributed by atoms with E-state index in [2.05, 4.69) is 0 Å². The molecule has 0 N–H and O–H groups in total. The monoisotopic (exact) mass is 172 g/mol. The number of hydrogen-bond donors (Lipinski definition) is 0. The molecule has 0 aliphatic carbocycles. The molecule has 4 radical (unpaired) electrons. The number of hydrogen-bond acceptors (Lipinski definition) is 0. The average Bonchev–Trinajstić information content (AvgIpc) is 0. The molecular formula is H3LiPSeV. The predicted molar refractivity (Wildman–Crippen MR) is 22.6 cm³/mol. The molecule has 0 aliphatic rings. The van der Waals surface area contributed by atoms with Gasteiger partial charge in [-0.15, -0.1) is 0 Å². The third-order valence-electron chi connectivity index (χ3n) is 0. The fourth-order valence-electron chi connectivity index (χ4n) is 0. The van der Waals surface area contributed by atoms with E-state index in [1.165, 1.54) is 0 Å². The summed E-state index contributed by atoms with van der Waals surface area (Å²) in [7, 11) is 0. The van der Waals surface area contributed by atoms with Crippen LogP contribution < -0.4 is 0 Å². The first-order valence-corrected chi connectivity index (χ1v) is 0. The molecule has 20 valence electrons. The minimum atomic E-state index is 0. The van der Waals surface area contributed by atoms with Gasteiger partial charge in [0.15, 0.2) is 0 Å². The molecule has 0 rings (SSSR count). The van der Waals surface area contributed by atoms with E-state index in [1.807, 2.05) is 0 Å². The van der Waals surface area contributed by atoms with Gasteiger partial charge in [-0.3, -0.25) is 0 Å². The van der Waals surface area contributed by atoms with Gasteiger partial charge in [0.05, 0.1) is 0 Å². The quantitative estimate of drug-likeness (QED) is 0.333. The maximum absolute atomic E-state index is 0. The second-order valence-corrected chi connectivity index (χ2v) is 0. The van der Waals surface area contributed by atoms with Gasteiger partial charge in [0.2, 0.25) is 0 Å². The molecule has 0 saturated carbocycles. The van der Waals surface area contributed by atoms with Crippen LogP contribution in [0.5, 0.6) is 0 Å². The van der Waals surface area contributed by atoms with Crippen LogP contribution in [-0.4, -0.2) is 35.9 Å². The van der Waals surface area contributed by atoms with Gasteiger partial charge in [-0.1, -0.05) is 0 Å². The van der Waals surface area contributed by atoms with Crippen molar-refractivity contribution in [3.05, 3.63) is 0 Å². The third kappa shape index (κ3) is 8.92. The van der Waals surface area contributed by atoms with Crippen molar-refractivity contribution in [1.82, 2.24) is 0 Å². The summed E-state index contributed by atoms with van der Waals surface area (Å²) in [5, 5.41) is 0. The summed E-state index contributed by atoms with van der Waals surface area (Å²) in [6.45, 7) is 0. The molecule has 0 spiro atoms. The first kappa shape index (κ1) is 35.5. The molecule has 0 nitrogen and oxygen atoms in total. The Morgan fingerprint density at radius 2 is 1.00 bits per heavy atom. The topological polar surface area (TPSA) is 0 Å². The van der Waals surface area contributed by atoms with Crippen LogP contribution in [0.25, 0.3) is 0 Å². The predicted octanol–water partition coefficient (Wildman–Crippen LogP) is -0.706. The SMILES string of the molecule is P.[Li].[Se].[V]. The van der Waals surface area contributed by atoms with E-state index in [-0.39, 0.29) is 64.4 Å².